The molecule has 0 saturated heterocycles. The van der Waals surface area contributed by atoms with Crippen molar-refractivity contribution in [1.29, 1.82) is 0 Å². The second-order valence-corrected chi connectivity index (χ2v) is 10.5. The molecule has 0 spiro atoms. The summed E-state index contributed by atoms with van der Waals surface area (Å²) in [6.45, 7) is 1.97. The van der Waals surface area contributed by atoms with Crippen molar-refractivity contribution in [2.45, 2.75) is 56.4 Å². The number of carboxylic acid groups (broad SMARTS) is 1. The van der Waals surface area contributed by atoms with Gasteiger partial charge in [0, 0.05) is 6.04 Å². The third kappa shape index (κ3) is 3.25. The maximum absolute atomic E-state index is 13.1. The van der Waals surface area contributed by atoms with E-state index >= 15 is 0 Å². The van der Waals surface area contributed by atoms with Gasteiger partial charge in [0.2, 0.25) is 10.0 Å². The Hall–Kier alpha value is -1.60. The summed E-state index contributed by atoms with van der Waals surface area (Å²) in [5.41, 5.74) is -0.0435. The first-order valence-corrected chi connectivity index (χ1v) is 11.1. The number of sulfonamides is 1. The smallest absolute Gasteiger partial charge is 0.335 e. The zero-order valence-corrected chi connectivity index (χ0v) is 16.6. The van der Waals surface area contributed by atoms with Crippen LogP contribution in [0.2, 0.25) is 0 Å². The molecule has 0 aromatic heterocycles. The largest absolute Gasteiger partial charge is 0.495 e. The van der Waals surface area contributed by atoms with Crippen LogP contribution in [0.1, 0.15) is 55.8 Å². The van der Waals surface area contributed by atoms with Crippen molar-refractivity contribution >= 4 is 16.0 Å². The number of rotatable bonds is 6. The Labute approximate surface area is 160 Å². The molecule has 0 radical (unpaired) electrons. The van der Waals surface area contributed by atoms with Crippen LogP contribution >= 0.6 is 0 Å². The third-order valence-electron chi connectivity index (χ3n) is 7.04. The van der Waals surface area contributed by atoms with Crippen molar-refractivity contribution in [3.63, 3.8) is 0 Å². The number of benzene rings is 1. The highest BCUT2D eigenvalue weighted by Gasteiger charge is 2.53. The van der Waals surface area contributed by atoms with E-state index in [0.29, 0.717) is 0 Å². The van der Waals surface area contributed by atoms with Crippen LogP contribution in [0.3, 0.4) is 0 Å². The molecule has 4 saturated carbocycles. The SMILES string of the molecule is COc1ccc(C(=O)O)cc1S(=O)(=O)N[C@H](C)C12CC3CC(CC(C3)C1)C2. The van der Waals surface area contributed by atoms with Crippen LogP contribution in [-0.2, 0) is 10.0 Å². The topological polar surface area (TPSA) is 92.7 Å². The van der Waals surface area contributed by atoms with E-state index in [1.54, 1.807) is 0 Å². The molecule has 5 rings (SSSR count). The minimum Gasteiger partial charge on any atom is -0.495 e. The Morgan fingerprint density at radius 3 is 2.22 bits per heavy atom. The van der Waals surface area contributed by atoms with Gasteiger partial charge in [0.1, 0.15) is 10.6 Å². The Balaban J connectivity index is 1.62. The Kier molecular flexibility index (Phi) is 4.50. The van der Waals surface area contributed by atoms with Crippen LogP contribution in [-0.4, -0.2) is 32.6 Å². The van der Waals surface area contributed by atoms with Gasteiger partial charge >= 0.3 is 5.97 Å². The molecule has 6 nitrogen and oxygen atoms in total. The van der Waals surface area contributed by atoms with Crippen LogP contribution in [0.25, 0.3) is 0 Å². The van der Waals surface area contributed by atoms with Gasteiger partial charge in [-0.25, -0.2) is 17.9 Å². The van der Waals surface area contributed by atoms with E-state index in [4.69, 9.17) is 4.74 Å². The molecule has 0 heterocycles. The minimum atomic E-state index is -3.89. The van der Waals surface area contributed by atoms with Crippen molar-refractivity contribution in [2.24, 2.45) is 23.2 Å². The second-order valence-electron chi connectivity index (χ2n) is 8.79. The highest BCUT2D eigenvalue weighted by molar-refractivity contribution is 7.89. The maximum Gasteiger partial charge on any atom is 0.335 e. The first-order chi connectivity index (χ1) is 12.7. The molecule has 0 amide bonds. The lowest BCUT2D eigenvalue weighted by molar-refractivity contribution is -0.0666. The fourth-order valence-corrected chi connectivity index (χ4v) is 7.69. The molecule has 4 aliphatic carbocycles. The molecular weight excluding hydrogens is 366 g/mol. The van der Waals surface area contributed by atoms with E-state index in [-0.39, 0.29) is 27.7 Å². The molecule has 2 N–H and O–H groups in total. The summed E-state index contributed by atoms with van der Waals surface area (Å²) in [6, 6.07) is 3.74. The van der Waals surface area contributed by atoms with E-state index in [1.165, 1.54) is 44.6 Å². The first kappa shape index (κ1) is 18.7. The van der Waals surface area contributed by atoms with Gasteiger partial charge < -0.3 is 9.84 Å². The molecule has 27 heavy (non-hydrogen) atoms. The molecule has 148 valence electrons. The Morgan fingerprint density at radius 1 is 1.19 bits per heavy atom. The van der Waals surface area contributed by atoms with E-state index in [0.717, 1.165) is 37.0 Å². The Morgan fingerprint density at radius 2 is 1.74 bits per heavy atom. The standard InChI is InChI=1S/C20H27NO5S/c1-12(20-9-13-5-14(10-20)7-15(6-13)11-20)21-27(24,25)18-8-16(19(22)23)3-4-17(18)26-2/h3-4,8,12-15,21H,5-7,9-11H2,1-2H3,(H,22,23)/t12-,13?,14?,15?,20?/m1/s1. The normalized spacial score (nSPS) is 33.0. The van der Waals surface area contributed by atoms with Gasteiger partial charge in [0.05, 0.1) is 12.7 Å². The monoisotopic (exact) mass is 393 g/mol. The van der Waals surface area contributed by atoms with Crippen LogP contribution < -0.4 is 9.46 Å². The number of ether oxygens (including phenoxy) is 1. The predicted octanol–water partition coefficient (Wildman–Crippen LogP) is 3.28. The Bertz CT molecular complexity index is 828. The molecule has 1 aromatic rings. The minimum absolute atomic E-state index is 0.0272. The van der Waals surface area contributed by atoms with Gasteiger partial charge in [-0.1, -0.05) is 0 Å². The summed E-state index contributed by atoms with van der Waals surface area (Å²) >= 11 is 0. The van der Waals surface area contributed by atoms with Gasteiger partial charge in [-0.05, 0) is 86.8 Å². The number of methoxy groups -OCH3 is 1. The number of hydrogen-bond acceptors (Lipinski definition) is 4. The predicted molar refractivity (Wildman–Crippen MR) is 100 cm³/mol. The molecule has 1 aromatic carbocycles. The summed E-state index contributed by atoms with van der Waals surface area (Å²) in [4.78, 5) is 11.2. The molecule has 4 fully saturated rings. The molecule has 0 aliphatic heterocycles. The van der Waals surface area contributed by atoms with Crippen molar-refractivity contribution in [2.75, 3.05) is 7.11 Å². The third-order valence-corrected chi connectivity index (χ3v) is 8.60. The molecule has 0 unspecified atom stereocenters. The summed E-state index contributed by atoms with van der Waals surface area (Å²) in [5.74, 6) is 1.18. The van der Waals surface area contributed by atoms with Gasteiger partial charge in [0.15, 0.2) is 0 Å². The van der Waals surface area contributed by atoms with Crippen molar-refractivity contribution in [3.8, 4) is 5.75 Å². The average Bonchev–Trinajstić information content (AvgIpc) is 2.59. The van der Waals surface area contributed by atoms with Crippen molar-refractivity contribution < 1.29 is 23.1 Å². The summed E-state index contributed by atoms with van der Waals surface area (Å²) in [5, 5.41) is 9.22. The fourth-order valence-electron chi connectivity index (χ4n) is 6.15. The fraction of sp³-hybridized carbons (Fsp3) is 0.650. The van der Waals surface area contributed by atoms with Crippen molar-refractivity contribution in [3.05, 3.63) is 23.8 Å². The lowest BCUT2D eigenvalue weighted by atomic mass is 9.48. The summed E-state index contributed by atoms with van der Waals surface area (Å²) in [7, 11) is -2.50. The van der Waals surface area contributed by atoms with Crippen LogP contribution in [0.5, 0.6) is 5.75 Å². The highest BCUT2D eigenvalue weighted by atomic mass is 32.2. The average molecular weight is 394 g/mol. The van der Waals surface area contributed by atoms with Gasteiger partial charge in [-0.15, -0.1) is 0 Å². The molecule has 4 bridgehead atoms. The van der Waals surface area contributed by atoms with E-state index in [9.17, 15) is 18.3 Å². The second kappa shape index (κ2) is 6.48. The van der Waals surface area contributed by atoms with E-state index in [1.807, 2.05) is 6.92 Å². The number of aromatic carboxylic acids is 1. The van der Waals surface area contributed by atoms with Crippen LogP contribution in [0.4, 0.5) is 0 Å². The summed E-state index contributed by atoms with van der Waals surface area (Å²) in [6.07, 6.45) is 7.17. The van der Waals surface area contributed by atoms with Crippen molar-refractivity contribution in [1.82, 2.24) is 4.72 Å². The van der Waals surface area contributed by atoms with E-state index < -0.39 is 16.0 Å². The zero-order valence-electron chi connectivity index (χ0n) is 15.8. The van der Waals surface area contributed by atoms with Gasteiger partial charge in [0.25, 0.3) is 0 Å². The molecular formula is C20H27NO5S. The van der Waals surface area contributed by atoms with E-state index in [2.05, 4.69) is 4.72 Å². The van der Waals surface area contributed by atoms with Gasteiger partial charge in [-0.3, -0.25) is 0 Å². The molecule has 4 aliphatic rings. The zero-order chi connectivity index (χ0) is 19.4. The lowest BCUT2D eigenvalue weighted by Gasteiger charge is -2.59. The highest BCUT2D eigenvalue weighted by Crippen LogP contribution is 2.61. The molecule has 1 atom stereocenters. The number of carbonyl (C=O) groups is 1. The lowest BCUT2D eigenvalue weighted by Crippen LogP contribution is -2.55. The maximum atomic E-state index is 13.1. The quantitative estimate of drug-likeness (QED) is 0.774. The number of hydrogen-bond donors (Lipinski definition) is 2. The first-order valence-electron chi connectivity index (χ1n) is 9.66. The summed E-state index contributed by atoms with van der Waals surface area (Å²) < 4.78 is 34.3. The van der Waals surface area contributed by atoms with Crippen LogP contribution in [0.15, 0.2) is 23.1 Å². The molecule has 7 heteroatoms. The number of carboxylic acids is 1. The van der Waals surface area contributed by atoms with Gasteiger partial charge in [-0.2, -0.15) is 0 Å². The number of nitrogens with one attached hydrogen (secondary N) is 1. The van der Waals surface area contributed by atoms with Crippen LogP contribution in [0, 0.1) is 23.2 Å².